The van der Waals surface area contributed by atoms with Gasteiger partial charge in [0, 0.05) is 29.6 Å². The first-order valence-corrected chi connectivity index (χ1v) is 9.25. The predicted octanol–water partition coefficient (Wildman–Crippen LogP) is 5.36. The van der Waals surface area contributed by atoms with Crippen LogP contribution in [-0.4, -0.2) is 18.9 Å². The van der Waals surface area contributed by atoms with Crippen LogP contribution in [0.2, 0.25) is 0 Å². The van der Waals surface area contributed by atoms with E-state index in [2.05, 4.69) is 10.6 Å². The van der Waals surface area contributed by atoms with Gasteiger partial charge in [-0.3, -0.25) is 9.59 Å². The number of benzene rings is 3. The third-order valence-electron chi connectivity index (χ3n) is 4.37. The van der Waals surface area contributed by atoms with Crippen molar-refractivity contribution in [2.45, 2.75) is 12.8 Å². The molecular weight excluding hydrogens is 409 g/mol. The van der Waals surface area contributed by atoms with Crippen LogP contribution in [-0.2, 0) is 17.5 Å². The van der Waals surface area contributed by atoms with Crippen molar-refractivity contribution in [3.05, 3.63) is 95.1 Å². The molecule has 0 saturated heterocycles. The van der Waals surface area contributed by atoms with E-state index in [1.54, 1.807) is 54.6 Å². The Morgan fingerprint density at radius 1 is 0.839 bits per heavy atom. The van der Waals surface area contributed by atoms with Gasteiger partial charge in [-0.15, -0.1) is 0 Å². The van der Waals surface area contributed by atoms with Crippen molar-refractivity contribution in [2.24, 2.45) is 0 Å². The van der Waals surface area contributed by atoms with Crippen LogP contribution in [0.1, 0.15) is 31.8 Å². The third-order valence-corrected chi connectivity index (χ3v) is 4.37. The maximum atomic E-state index is 13.4. The fourth-order valence-electron chi connectivity index (χ4n) is 2.95. The van der Waals surface area contributed by atoms with E-state index in [4.69, 9.17) is 4.74 Å². The molecule has 0 radical (unpaired) electrons. The molecule has 31 heavy (non-hydrogen) atoms. The minimum Gasteiger partial charge on any atom is -0.380 e. The van der Waals surface area contributed by atoms with Crippen molar-refractivity contribution in [1.29, 1.82) is 0 Å². The molecule has 3 rings (SSSR count). The van der Waals surface area contributed by atoms with Crippen molar-refractivity contribution < 1.29 is 27.5 Å². The van der Waals surface area contributed by atoms with Crippen molar-refractivity contribution in [1.82, 2.24) is 0 Å². The Morgan fingerprint density at radius 2 is 1.42 bits per heavy atom. The van der Waals surface area contributed by atoms with Gasteiger partial charge in [0.05, 0.1) is 12.2 Å². The number of ether oxygens (including phenoxy) is 1. The number of nitrogens with one attached hydrogen (secondary N) is 2. The lowest BCUT2D eigenvalue weighted by Gasteiger charge is -2.15. The molecule has 160 valence electrons. The highest BCUT2D eigenvalue weighted by Gasteiger charge is 2.31. The second-order valence-corrected chi connectivity index (χ2v) is 6.66. The van der Waals surface area contributed by atoms with Gasteiger partial charge in [-0.05, 0) is 42.0 Å². The summed E-state index contributed by atoms with van der Waals surface area (Å²) in [4.78, 5) is 25.0. The smallest absolute Gasteiger partial charge is 0.380 e. The molecule has 0 fully saturated rings. The van der Waals surface area contributed by atoms with Crippen LogP contribution in [0.5, 0.6) is 0 Å². The van der Waals surface area contributed by atoms with Gasteiger partial charge >= 0.3 is 6.18 Å². The summed E-state index contributed by atoms with van der Waals surface area (Å²) in [7, 11) is 1.48. The third kappa shape index (κ3) is 5.70. The van der Waals surface area contributed by atoms with E-state index in [1.807, 2.05) is 0 Å². The number of hydrogen-bond acceptors (Lipinski definition) is 3. The zero-order valence-electron chi connectivity index (χ0n) is 16.5. The predicted molar refractivity (Wildman–Crippen MR) is 111 cm³/mol. The van der Waals surface area contributed by atoms with Crippen molar-refractivity contribution in [3.63, 3.8) is 0 Å². The van der Waals surface area contributed by atoms with E-state index in [0.29, 0.717) is 11.1 Å². The van der Waals surface area contributed by atoms with Gasteiger partial charge in [0.25, 0.3) is 11.8 Å². The lowest BCUT2D eigenvalue weighted by atomic mass is 10.1. The largest absolute Gasteiger partial charge is 0.416 e. The number of hydrogen-bond donors (Lipinski definition) is 2. The van der Waals surface area contributed by atoms with Gasteiger partial charge in [0.15, 0.2) is 0 Å². The standard InChI is InChI=1S/C23H19F3N2O3/c1-31-14-16-9-5-6-10-20(16)22(30)28-19-12-17(23(24,25)26)11-18(13-19)27-21(29)15-7-3-2-4-8-15/h2-13H,14H2,1H3,(H,27,29)(H,28,30). The molecule has 3 aromatic rings. The SMILES string of the molecule is COCc1ccccc1C(=O)Nc1cc(NC(=O)c2ccccc2)cc(C(F)(F)F)c1. The first-order chi connectivity index (χ1) is 14.8. The van der Waals surface area contributed by atoms with Crippen LogP contribution in [0.4, 0.5) is 24.5 Å². The summed E-state index contributed by atoms with van der Waals surface area (Å²) >= 11 is 0. The van der Waals surface area contributed by atoms with E-state index in [1.165, 1.54) is 13.2 Å². The van der Waals surface area contributed by atoms with E-state index in [-0.39, 0.29) is 23.5 Å². The highest BCUT2D eigenvalue weighted by molar-refractivity contribution is 6.07. The van der Waals surface area contributed by atoms with E-state index >= 15 is 0 Å². The Kier molecular flexibility index (Phi) is 6.71. The van der Waals surface area contributed by atoms with Gasteiger partial charge in [0.2, 0.25) is 0 Å². The Morgan fingerprint density at radius 3 is 2.03 bits per heavy atom. The molecule has 0 aliphatic rings. The number of amides is 2. The molecular formula is C23H19F3N2O3. The zero-order chi connectivity index (χ0) is 22.4. The first kappa shape index (κ1) is 22.0. The molecule has 0 aliphatic heterocycles. The van der Waals surface area contributed by atoms with Gasteiger partial charge < -0.3 is 15.4 Å². The van der Waals surface area contributed by atoms with Crippen LogP contribution in [0.25, 0.3) is 0 Å². The lowest BCUT2D eigenvalue weighted by molar-refractivity contribution is -0.137. The molecule has 0 bridgehead atoms. The summed E-state index contributed by atoms with van der Waals surface area (Å²) < 4.78 is 45.2. The number of halogens is 3. The molecule has 2 amide bonds. The van der Waals surface area contributed by atoms with Gasteiger partial charge in [-0.1, -0.05) is 36.4 Å². The fraction of sp³-hybridized carbons (Fsp3) is 0.130. The summed E-state index contributed by atoms with van der Waals surface area (Å²) in [6, 6.07) is 17.6. The maximum absolute atomic E-state index is 13.4. The maximum Gasteiger partial charge on any atom is 0.416 e. The number of rotatable bonds is 6. The average molecular weight is 428 g/mol. The van der Waals surface area contributed by atoms with Crippen molar-refractivity contribution in [2.75, 3.05) is 17.7 Å². The average Bonchev–Trinajstić information content (AvgIpc) is 2.74. The first-order valence-electron chi connectivity index (χ1n) is 9.25. The number of alkyl halides is 3. The molecule has 0 aliphatic carbocycles. The van der Waals surface area contributed by atoms with Crippen LogP contribution in [0.3, 0.4) is 0 Å². The second-order valence-electron chi connectivity index (χ2n) is 6.66. The Bertz CT molecular complexity index is 1080. The minimum atomic E-state index is -4.67. The molecule has 0 atom stereocenters. The molecule has 3 aromatic carbocycles. The van der Waals surface area contributed by atoms with Gasteiger partial charge in [-0.2, -0.15) is 13.2 Å². The number of anilines is 2. The van der Waals surface area contributed by atoms with Crippen LogP contribution < -0.4 is 10.6 Å². The van der Waals surface area contributed by atoms with Crippen LogP contribution in [0, 0.1) is 0 Å². The highest BCUT2D eigenvalue weighted by atomic mass is 19.4. The number of carbonyl (C=O) groups is 2. The number of methoxy groups -OCH3 is 1. The van der Waals surface area contributed by atoms with Crippen molar-refractivity contribution >= 4 is 23.2 Å². The zero-order valence-corrected chi connectivity index (χ0v) is 16.5. The minimum absolute atomic E-state index is 0.0934. The summed E-state index contributed by atoms with van der Waals surface area (Å²) in [5.41, 5.74) is -0.0406. The monoisotopic (exact) mass is 428 g/mol. The Hall–Kier alpha value is -3.65. The summed E-state index contributed by atoms with van der Waals surface area (Å²) in [6.45, 7) is 0.171. The molecule has 0 heterocycles. The van der Waals surface area contributed by atoms with E-state index in [9.17, 15) is 22.8 Å². The van der Waals surface area contributed by atoms with Crippen LogP contribution >= 0.6 is 0 Å². The molecule has 2 N–H and O–H groups in total. The molecule has 0 spiro atoms. The summed E-state index contributed by atoms with van der Waals surface area (Å²) in [5, 5.41) is 4.92. The molecule has 8 heteroatoms. The summed E-state index contributed by atoms with van der Waals surface area (Å²) in [6.07, 6.45) is -4.67. The lowest BCUT2D eigenvalue weighted by Crippen LogP contribution is -2.17. The van der Waals surface area contributed by atoms with E-state index < -0.39 is 23.6 Å². The molecule has 0 saturated carbocycles. The fourth-order valence-corrected chi connectivity index (χ4v) is 2.95. The Labute approximate surface area is 176 Å². The summed E-state index contributed by atoms with van der Waals surface area (Å²) in [5.74, 6) is -1.16. The normalized spacial score (nSPS) is 11.1. The van der Waals surface area contributed by atoms with E-state index in [0.717, 1.165) is 12.1 Å². The molecule has 0 unspecified atom stereocenters. The molecule has 5 nitrogen and oxygen atoms in total. The van der Waals surface area contributed by atoms with Gasteiger partial charge in [0.1, 0.15) is 0 Å². The second kappa shape index (κ2) is 9.44. The van der Waals surface area contributed by atoms with Crippen molar-refractivity contribution in [3.8, 4) is 0 Å². The number of carbonyl (C=O) groups excluding carboxylic acids is 2. The topological polar surface area (TPSA) is 67.4 Å². The quantitative estimate of drug-likeness (QED) is 0.556. The molecule has 0 aromatic heterocycles. The Balaban J connectivity index is 1.90. The van der Waals surface area contributed by atoms with Crippen LogP contribution in [0.15, 0.2) is 72.8 Å². The van der Waals surface area contributed by atoms with Gasteiger partial charge in [-0.25, -0.2) is 0 Å². The highest BCUT2D eigenvalue weighted by Crippen LogP contribution is 2.33.